The highest BCUT2D eigenvalue weighted by Gasteiger charge is 2.14. The number of nitrogens with two attached hydrogens (primary N) is 1. The van der Waals surface area contributed by atoms with Crippen LogP contribution in [0, 0.1) is 0 Å². The minimum Gasteiger partial charge on any atom is -0.493 e. The number of para-hydroxylation sites is 1. The van der Waals surface area contributed by atoms with Crippen LogP contribution in [0.1, 0.15) is 5.56 Å². The first kappa shape index (κ1) is 13.3. The van der Waals surface area contributed by atoms with Crippen molar-refractivity contribution in [1.82, 2.24) is 4.98 Å². The number of hydrogen-bond donors (Lipinski definition) is 1. The lowest BCUT2D eigenvalue weighted by Gasteiger charge is -2.22. The minimum absolute atomic E-state index is 0.359. The standard InChI is InChI=1S/C14H15N3OS/c1-17(14-12(18-2)8-5-9-16-14)11-7-4-3-6-10(11)13(15)19/h3-9H,1-2H3,(H2,15,19). The Hall–Kier alpha value is -2.14. The molecular weight excluding hydrogens is 258 g/mol. The zero-order valence-corrected chi connectivity index (χ0v) is 11.6. The Morgan fingerprint density at radius 3 is 2.68 bits per heavy atom. The maximum Gasteiger partial charge on any atom is 0.175 e. The molecule has 0 amide bonds. The van der Waals surface area contributed by atoms with Gasteiger partial charge in [-0.25, -0.2) is 4.98 Å². The van der Waals surface area contributed by atoms with E-state index in [1.165, 1.54) is 0 Å². The molecule has 0 bridgehead atoms. The average molecular weight is 273 g/mol. The fourth-order valence-corrected chi connectivity index (χ4v) is 2.05. The van der Waals surface area contributed by atoms with Gasteiger partial charge in [0, 0.05) is 18.8 Å². The van der Waals surface area contributed by atoms with Crippen molar-refractivity contribution in [2.75, 3.05) is 19.1 Å². The summed E-state index contributed by atoms with van der Waals surface area (Å²) in [5, 5.41) is 0. The third-order valence-electron chi connectivity index (χ3n) is 2.82. The minimum atomic E-state index is 0.359. The lowest BCUT2D eigenvalue weighted by Crippen LogP contribution is -2.18. The Morgan fingerprint density at radius 1 is 1.26 bits per heavy atom. The van der Waals surface area contributed by atoms with Crippen LogP contribution in [0.2, 0.25) is 0 Å². The summed E-state index contributed by atoms with van der Waals surface area (Å²) in [5.41, 5.74) is 7.46. The molecule has 0 atom stereocenters. The second kappa shape index (κ2) is 5.67. The molecule has 1 heterocycles. The summed E-state index contributed by atoms with van der Waals surface area (Å²) in [6, 6.07) is 11.4. The van der Waals surface area contributed by atoms with Crippen LogP contribution >= 0.6 is 12.2 Å². The zero-order valence-electron chi connectivity index (χ0n) is 10.8. The Morgan fingerprint density at radius 2 is 2.00 bits per heavy atom. The highest BCUT2D eigenvalue weighted by molar-refractivity contribution is 7.80. The van der Waals surface area contributed by atoms with Gasteiger partial charge in [0.2, 0.25) is 0 Å². The van der Waals surface area contributed by atoms with Crippen molar-refractivity contribution in [3.8, 4) is 5.75 Å². The van der Waals surface area contributed by atoms with Gasteiger partial charge in [-0.3, -0.25) is 0 Å². The number of anilines is 2. The molecule has 0 saturated carbocycles. The molecule has 0 saturated heterocycles. The number of hydrogen-bond acceptors (Lipinski definition) is 4. The predicted molar refractivity (Wildman–Crippen MR) is 81.2 cm³/mol. The van der Waals surface area contributed by atoms with E-state index in [4.69, 9.17) is 22.7 Å². The number of aromatic nitrogens is 1. The van der Waals surface area contributed by atoms with Gasteiger partial charge in [-0.15, -0.1) is 0 Å². The fraction of sp³-hybridized carbons (Fsp3) is 0.143. The Labute approximate surface area is 117 Å². The van der Waals surface area contributed by atoms with Crippen molar-refractivity contribution >= 4 is 28.7 Å². The number of thiocarbonyl (C=S) groups is 1. The van der Waals surface area contributed by atoms with Crippen LogP contribution in [0.25, 0.3) is 0 Å². The van der Waals surface area contributed by atoms with Gasteiger partial charge >= 0.3 is 0 Å². The van der Waals surface area contributed by atoms with Crippen LogP contribution in [-0.4, -0.2) is 24.1 Å². The molecule has 0 aliphatic heterocycles. The van der Waals surface area contributed by atoms with Gasteiger partial charge < -0.3 is 15.4 Å². The summed E-state index contributed by atoms with van der Waals surface area (Å²) >= 11 is 5.08. The van der Waals surface area contributed by atoms with Gasteiger partial charge in [-0.05, 0) is 24.3 Å². The Balaban J connectivity index is 2.50. The highest BCUT2D eigenvalue weighted by atomic mass is 32.1. The molecule has 0 fully saturated rings. The third-order valence-corrected chi connectivity index (χ3v) is 3.04. The summed E-state index contributed by atoms with van der Waals surface area (Å²) < 4.78 is 5.32. The van der Waals surface area contributed by atoms with E-state index in [1.54, 1.807) is 13.3 Å². The Bertz CT molecular complexity index is 601. The molecule has 1 aromatic carbocycles. The monoisotopic (exact) mass is 273 g/mol. The smallest absolute Gasteiger partial charge is 0.175 e. The highest BCUT2D eigenvalue weighted by Crippen LogP contribution is 2.31. The molecule has 1 aromatic heterocycles. The number of rotatable bonds is 4. The van der Waals surface area contributed by atoms with Gasteiger partial charge in [-0.1, -0.05) is 24.4 Å². The molecule has 19 heavy (non-hydrogen) atoms. The van der Waals surface area contributed by atoms with Crippen molar-refractivity contribution in [3.05, 3.63) is 48.2 Å². The lowest BCUT2D eigenvalue weighted by atomic mass is 10.1. The van der Waals surface area contributed by atoms with E-state index in [9.17, 15) is 0 Å². The fourth-order valence-electron chi connectivity index (χ4n) is 1.88. The molecule has 0 radical (unpaired) electrons. The van der Waals surface area contributed by atoms with Gasteiger partial charge in [0.15, 0.2) is 11.6 Å². The third kappa shape index (κ3) is 2.66. The summed E-state index contributed by atoms with van der Waals surface area (Å²) in [6.45, 7) is 0. The van der Waals surface area contributed by atoms with E-state index < -0.39 is 0 Å². The van der Waals surface area contributed by atoms with E-state index in [2.05, 4.69) is 4.98 Å². The molecule has 0 aliphatic rings. The van der Waals surface area contributed by atoms with Gasteiger partial charge in [0.25, 0.3) is 0 Å². The van der Waals surface area contributed by atoms with E-state index in [0.717, 1.165) is 11.3 Å². The maximum atomic E-state index is 5.75. The molecule has 0 spiro atoms. The second-order valence-electron chi connectivity index (χ2n) is 3.97. The van der Waals surface area contributed by atoms with Crippen LogP contribution < -0.4 is 15.4 Å². The van der Waals surface area contributed by atoms with Crippen molar-refractivity contribution in [1.29, 1.82) is 0 Å². The summed E-state index contributed by atoms with van der Waals surface area (Å²) in [6.07, 6.45) is 1.72. The first-order chi connectivity index (χ1) is 9.15. The Kier molecular flexibility index (Phi) is 3.97. The molecule has 98 valence electrons. The quantitative estimate of drug-likeness (QED) is 0.867. The molecule has 4 nitrogen and oxygen atoms in total. The first-order valence-electron chi connectivity index (χ1n) is 5.76. The lowest BCUT2D eigenvalue weighted by molar-refractivity contribution is 0.414. The summed E-state index contributed by atoms with van der Waals surface area (Å²) in [5.74, 6) is 1.41. The van der Waals surface area contributed by atoms with Crippen LogP contribution in [0.15, 0.2) is 42.6 Å². The number of benzene rings is 1. The van der Waals surface area contributed by atoms with E-state index >= 15 is 0 Å². The number of methoxy groups -OCH3 is 1. The number of pyridine rings is 1. The molecule has 0 unspecified atom stereocenters. The van der Waals surface area contributed by atoms with Crippen molar-refractivity contribution in [2.24, 2.45) is 5.73 Å². The first-order valence-corrected chi connectivity index (χ1v) is 6.17. The summed E-state index contributed by atoms with van der Waals surface area (Å²) in [7, 11) is 3.52. The van der Waals surface area contributed by atoms with Crippen LogP contribution in [0.3, 0.4) is 0 Å². The number of nitrogens with zero attached hydrogens (tertiary/aromatic N) is 2. The van der Waals surface area contributed by atoms with Crippen LogP contribution in [0.5, 0.6) is 5.75 Å². The molecular formula is C14H15N3OS. The van der Waals surface area contributed by atoms with Crippen LogP contribution in [0.4, 0.5) is 11.5 Å². The molecule has 2 N–H and O–H groups in total. The van der Waals surface area contributed by atoms with E-state index in [1.807, 2.05) is 48.3 Å². The molecule has 0 aliphatic carbocycles. The summed E-state index contributed by atoms with van der Waals surface area (Å²) in [4.78, 5) is 6.61. The molecule has 2 aromatic rings. The normalized spacial score (nSPS) is 10.0. The van der Waals surface area contributed by atoms with E-state index in [0.29, 0.717) is 16.6 Å². The largest absolute Gasteiger partial charge is 0.493 e. The number of ether oxygens (including phenoxy) is 1. The molecule has 2 rings (SSSR count). The van der Waals surface area contributed by atoms with Gasteiger partial charge in [0.05, 0.1) is 12.8 Å². The average Bonchev–Trinajstić information content (AvgIpc) is 2.46. The predicted octanol–water partition coefficient (Wildman–Crippen LogP) is 2.49. The van der Waals surface area contributed by atoms with Gasteiger partial charge in [-0.2, -0.15) is 0 Å². The van der Waals surface area contributed by atoms with Crippen molar-refractivity contribution in [3.63, 3.8) is 0 Å². The maximum absolute atomic E-state index is 5.75. The van der Waals surface area contributed by atoms with E-state index in [-0.39, 0.29) is 0 Å². The van der Waals surface area contributed by atoms with Crippen LogP contribution in [-0.2, 0) is 0 Å². The zero-order chi connectivity index (χ0) is 13.8. The topological polar surface area (TPSA) is 51.4 Å². The van der Waals surface area contributed by atoms with Gasteiger partial charge in [0.1, 0.15) is 4.99 Å². The molecule has 5 heteroatoms. The van der Waals surface area contributed by atoms with Crippen molar-refractivity contribution < 1.29 is 4.74 Å². The second-order valence-corrected chi connectivity index (χ2v) is 4.41. The SMILES string of the molecule is COc1cccnc1N(C)c1ccccc1C(N)=S. The van der Waals surface area contributed by atoms with Crippen molar-refractivity contribution in [2.45, 2.75) is 0 Å².